The molecule has 2 heterocycles. The molecule has 1 amide bonds. The Hall–Kier alpha value is 0.0169. The van der Waals surface area contributed by atoms with E-state index in [0.29, 0.717) is 0 Å². The number of β-lactam (4-membered cyclic amide) rings is 1. The zero-order chi connectivity index (χ0) is 16.7. The molecule has 0 aliphatic carbocycles. The first-order valence-electron chi connectivity index (χ1n) is 7.81. The predicted octanol–water partition coefficient (Wildman–Crippen LogP) is 2.89. The van der Waals surface area contributed by atoms with E-state index in [1.165, 1.54) is 11.8 Å². The van der Waals surface area contributed by atoms with Gasteiger partial charge in [0.05, 0.1) is 23.3 Å². The Morgan fingerprint density at radius 3 is 2.41 bits per heavy atom. The van der Waals surface area contributed by atoms with E-state index in [1.807, 2.05) is 6.92 Å². The maximum Gasteiger partial charge on any atom is 0.228 e. The number of thioether (sulfide) groups is 2. The smallest absolute Gasteiger partial charge is 0.228 e. The summed E-state index contributed by atoms with van der Waals surface area (Å²) in [6, 6.07) is -0.0717. The Labute approximate surface area is 143 Å². The maximum absolute atomic E-state index is 12.1. The topological polar surface area (TPSA) is 55.4 Å². The Morgan fingerprint density at radius 1 is 1.27 bits per heavy atom. The number of rotatable bonds is 4. The van der Waals surface area contributed by atoms with Gasteiger partial charge < -0.3 is 9.74 Å². The van der Waals surface area contributed by atoms with Gasteiger partial charge in [0.25, 0.3) is 0 Å². The maximum atomic E-state index is 12.1. The minimum absolute atomic E-state index is 0.0279. The Kier molecular flexibility index (Phi) is 5.42. The minimum atomic E-state index is -1.92. The molecular weight excluding hydrogens is 334 g/mol. The van der Waals surface area contributed by atoms with Crippen molar-refractivity contribution in [3.05, 3.63) is 0 Å². The first-order chi connectivity index (χ1) is 10.0. The van der Waals surface area contributed by atoms with Gasteiger partial charge in [0.15, 0.2) is 8.32 Å². The summed E-state index contributed by atoms with van der Waals surface area (Å²) in [4.78, 5) is 24.2. The second kappa shape index (κ2) is 6.49. The first kappa shape index (κ1) is 18.4. The lowest BCUT2D eigenvalue weighted by Crippen LogP contribution is -2.68. The third-order valence-electron chi connectivity index (χ3n) is 4.97. The minimum Gasteiger partial charge on any atom is -0.413 e. The molecule has 126 valence electrons. The van der Waals surface area contributed by atoms with Gasteiger partial charge in [-0.3, -0.25) is 9.59 Å². The van der Waals surface area contributed by atoms with E-state index in [-0.39, 0.29) is 39.4 Å². The molecule has 0 aromatic carbocycles. The molecule has 2 aliphatic heterocycles. The molecular formula is C15H27NO3S2Si. The molecule has 0 spiro atoms. The van der Waals surface area contributed by atoms with Gasteiger partial charge in [-0.15, -0.1) is 11.8 Å². The van der Waals surface area contributed by atoms with Crippen LogP contribution < -0.4 is 5.32 Å². The SMILES string of the molecule is C[C@@H](O[Si](C)(C)C(C)(C)C)[C@H]1C(=O)N[C@@H]1C1SCCSC1=O. The van der Waals surface area contributed by atoms with Gasteiger partial charge >= 0.3 is 0 Å². The molecule has 1 N–H and O–H groups in total. The molecule has 0 aromatic heterocycles. The number of carbonyl (C=O) groups is 2. The average Bonchev–Trinajstić information content (AvgIpc) is 2.34. The molecule has 2 aliphatic rings. The average molecular weight is 362 g/mol. The van der Waals surface area contributed by atoms with Crippen molar-refractivity contribution in [3.8, 4) is 0 Å². The summed E-state index contributed by atoms with van der Waals surface area (Å²) < 4.78 is 6.38. The van der Waals surface area contributed by atoms with Crippen molar-refractivity contribution in [2.24, 2.45) is 5.92 Å². The van der Waals surface area contributed by atoms with Crippen LogP contribution >= 0.6 is 23.5 Å². The van der Waals surface area contributed by atoms with Gasteiger partial charge in [0, 0.05) is 11.5 Å². The summed E-state index contributed by atoms with van der Waals surface area (Å²) in [5.74, 6) is 1.67. The zero-order valence-electron chi connectivity index (χ0n) is 14.3. The Bertz CT molecular complexity index is 464. The summed E-state index contributed by atoms with van der Waals surface area (Å²) >= 11 is 3.07. The van der Waals surface area contributed by atoms with E-state index in [2.05, 4.69) is 39.2 Å². The van der Waals surface area contributed by atoms with Crippen LogP contribution in [0.1, 0.15) is 27.7 Å². The quantitative estimate of drug-likeness (QED) is 0.616. The fraction of sp³-hybridized carbons (Fsp3) is 0.867. The second-order valence-electron chi connectivity index (χ2n) is 7.60. The predicted molar refractivity (Wildman–Crippen MR) is 96.9 cm³/mol. The van der Waals surface area contributed by atoms with Crippen molar-refractivity contribution in [2.75, 3.05) is 11.5 Å². The van der Waals surface area contributed by atoms with Crippen LogP contribution in [0.15, 0.2) is 0 Å². The highest BCUT2D eigenvalue weighted by Gasteiger charge is 2.52. The van der Waals surface area contributed by atoms with E-state index >= 15 is 0 Å². The molecule has 7 heteroatoms. The molecule has 22 heavy (non-hydrogen) atoms. The van der Waals surface area contributed by atoms with E-state index in [1.54, 1.807) is 11.8 Å². The number of amides is 1. The molecule has 0 saturated carbocycles. The highest BCUT2D eigenvalue weighted by atomic mass is 32.2. The van der Waals surface area contributed by atoms with Crippen LogP contribution in [0.5, 0.6) is 0 Å². The number of nitrogens with one attached hydrogen (secondary N) is 1. The van der Waals surface area contributed by atoms with Gasteiger partial charge in [-0.25, -0.2) is 0 Å². The van der Waals surface area contributed by atoms with E-state index in [9.17, 15) is 9.59 Å². The van der Waals surface area contributed by atoms with Crippen LogP contribution in [0.25, 0.3) is 0 Å². The second-order valence-corrected chi connectivity index (χ2v) is 14.7. The van der Waals surface area contributed by atoms with E-state index < -0.39 is 8.32 Å². The molecule has 4 nitrogen and oxygen atoms in total. The fourth-order valence-corrected chi connectivity index (χ4v) is 6.52. The van der Waals surface area contributed by atoms with Crippen molar-refractivity contribution < 1.29 is 14.0 Å². The molecule has 2 saturated heterocycles. The van der Waals surface area contributed by atoms with Crippen LogP contribution in [0.3, 0.4) is 0 Å². The lowest BCUT2D eigenvalue weighted by Gasteiger charge is -2.47. The van der Waals surface area contributed by atoms with Gasteiger partial charge in [-0.2, -0.15) is 0 Å². The molecule has 0 aromatic rings. The highest BCUT2D eigenvalue weighted by Crippen LogP contribution is 2.41. The third kappa shape index (κ3) is 3.57. The third-order valence-corrected chi connectivity index (χ3v) is 12.2. The molecule has 2 rings (SSSR count). The monoisotopic (exact) mass is 361 g/mol. The van der Waals surface area contributed by atoms with Gasteiger partial charge in [0.2, 0.25) is 11.0 Å². The number of hydrogen-bond acceptors (Lipinski definition) is 5. The fourth-order valence-electron chi connectivity index (χ4n) is 2.62. The summed E-state index contributed by atoms with van der Waals surface area (Å²) in [5.41, 5.74) is 0. The Morgan fingerprint density at radius 2 is 1.91 bits per heavy atom. The lowest BCUT2D eigenvalue weighted by atomic mass is 9.84. The van der Waals surface area contributed by atoms with Crippen LogP contribution in [0, 0.1) is 5.92 Å². The summed E-state index contributed by atoms with van der Waals surface area (Å²) in [7, 11) is -1.92. The van der Waals surface area contributed by atoms with Crippen molar-refractivity contribution in [2.45, 2.75) is 63.2 Å². The highest BCUT2D eigenvalue weighted by molar-refractivity contribution is 8.18. The van der Waals surface area contributed by atoms with Gasteiger partial charge in [-0.1, -0.05) is 32.5 Å². The van der Waals surface area contributed by atoms with Crippen LogP contribution in [0.2, 0.25) is 18.1 Å². The van der Waals surface area contributed by atoms with Gasteiger partial charge in [0.1, 0.15) is 0 Å². The summed E-state index contributed by atoms with van der Waals surface area (Å²) in [5, 5.41) is 3.13. The van der Waals surface area contributed by atoms with Crippen LogP contribution in [-0.4, -0.2) is 48.2 Å². The zero-order valence-corrected chi connectivity index (χ0v) is 16.9. The van der Waals surface area contributed by atoms with E-state index in [4.69, 9.17) is 4.43 Å². The van der Waals surface area contributed by atoms with E-state index in [0.717, 1.165) is 11.5 Å². The number of carbonyl (C=O) groups excluding carboxylic acids is 2. The standard InChI is InChI=1S/C15H27NO3S2Si/c1-9(19-22(5,6)15(2,3)4)10-11(16-13(10)17)12-14(18)21-8-7-20-12/h9-12H,7-8H2,1-6H3,(H,16,17)/t9-,10-,11+,12?/m1/s1. The largest absolute Gasteiger partial charge is 0.413 e. The van der Waals surface area contributed by atoms with Crippen LogP contribution in [-0.2, 0) is 14.0 Å². The van der Waals surface area contributed by atoms with Gasteiger partial charge in [-0.05, 0) is 25.1 Å². The number of hydrogen-bond donors (Lipinski definition) is 1. The molecule has 4 atom stereocenters. The Balaban J connectivity index is 2.06. The normalized spacial score (nSPS) is 31.5. The van der Waals surface area contributed by atoms with Crippen LogP contribution in [0.4, 0.5) is 0 Å². The first-order valence-corrected chi connectivity index (χ1v) is 12.8. The molecule has 1 unspecified atom stereocenters. The summed E-state index contributed by atoms with van der Waals surface area (Å²) in [6.07, 6.45) is -0.139. The molecule has 0 bridgehead atoms. The van der Waals surface area contributed by atoms with Crippen molar-refractivity contribution in [3.63, 3.8) is 0 Å². The molecule has 0 radical (unpaired) electrons. The van der Waals surface area contributed by atoms with Crippen molar-refractivity contribution in [1.29, 1.82) is 0 Å². The summed E-state index contributed by atoms with van der Waals surface area (Å²) in [6.45, 7) is 13.0. The lowest BCUT2D eigenvalue weighted by molar-refractivity contribution is -0.140. The van der Waals surface area contributed by atoms with Crippen molar-refractivity contribution >= 4 is 42.9 Å². The van der Waals surface area contributed by atoms with Crippen molar-refractivity contribution in [1.82, 2.24) is 5.32 Å². The molecule has 2 fully saturated rings.